The van der Waals surface area contributed by atoms with Crippen molar-refractivity contribution in [2.75, 3.05) is 0 Å². The summed E-state index contributed by atoms with van der Waals surface area (Å²) in [5, 5.41) is 0. The van der Waals surface area contributed by atoms with Gasteiger partial charge in [0, 0.05) is 11.1 Å². The number of hydrogen-bond donors (Lipinski definition) is 0. The molecule has 8 heteroatoms. The highest BCUT2D eigenvalue weighted by Crippen LogP contribution is 2.42. The Kier molecular flexibility index (Phi) is 4.13. The molecular formula is C15H8F8. The molecule has 0 nitrogen and oxygen atoms in total. The average molecular weight is 340 g/mol. The molecule has 0 N–H and O–H groups in total. The van der Waals surface area contributed by atoms with E-state index in [1.54, 1.807) is 0 Å². The van der Waals surface area contributed by atoms with Gasteiger partial charge in [-0.25, -0.2) is 0 Å². The number of benzene rings is 2. The minimum atomic E-state index is -5.18. The van der Waals surface area contributed by atoms with E-state index in [1.165, 1.54) is 18.2 Å². The van der Waals surface area contributed by atoms with Crippen LogP contribution in [0.5, 0.6) is 0 Å². The van der Waals surface area contributed by atoms with E-state index in [0.717, 1.165) is 12.1 Å². The summed E-state index contributed by atoms with van der Waals surface area (Å²) < 4.78 is 105. The number of rotatable bonds is 2. The van der Waals surface area contributed by atoms with E-state index >= 15 is 0 Å². The van der Waals surface area contributed by atoms with E-state index in [2.05, 4.69) is 0 Å². The zero-order valence-electron chi connectivity index (χ0n) is 11.1. The lowest BCUT2D eigenvalue weighted by atomic mass is 9.96. The lowest BCUT2D eigenvalue weighted by Gasteiger charge is -2.20. The van der Waals surface area contributed by atoms with Crippen LogP contribution in [0.2, 0.25) is 0 Å². The molecule has 0 aliphatic carbocycles. The summed E-state index contributed by atoms with van der Waals surface area (Å²) in [6, 6.07) is 5.53. The minimum absolute atomic E-state index is 0.0300. The normalized spacial score (nSPS) is 13.2. The number of alkyl halides is 8. The van der Waals surface area contributed by atoms with Crippen molar-refractivity contribution in [3.63, 3.8) is 0 Å². The van der Waals surface area contributed by atoms with Gasteiger partial charge in [-0.1, -0.05) is 30.3 Å². The van der Waals surface area contributed by atoms with Gasteiger partial charge in [0.2, 0.25) is 0 Å². The first-order valence-corrected chi connectivity index (χ1v) is 6.15. The van der Waals surface area contributed by atoms with Crippen LogP contribution < -0.4 is 0 Å². The first-order chi connectivity index (χ1) is 10.4. The molecule has 0 heterocycles. The van der Waals surface area contributed by atoms with Gasteiger partial charge in [-0.3, -0.25) is 0 Å². The molecule has 0 amide bonds. The van der Waals surface area contributed by atoms with Gasteiger partial charge in [0.05, 0.1) is 11.1 Å². The molecule has 2 aromatic carbocycles. The van der Waals surface area contributed by atoms with Crippen LogP contribution in [0.4, 0.5) is 35.1 Å². The third kappa shape index (κ3) is 3.62. The molecule has 0 aliphatic rings. The van der Waals surface area contributed by atoms with Crippen LogP contribution >= 0.6 is 0 Å². The maximum Gasteiger partial charge on any atom is 0.416 e. The molecule has 0 saturated carbocycles. The molecule has 0 aromatic heterocycles. The van der Waals surface area contributed by atoms with Crippen LogP contribution in [0, 0.1) is 0 Å². The van der Waals surface area contributed by atoms with E-state index in [4.69, 9.17) is 0 Å². The van der Waals surface area contributed by atoms with Crippen LogP contribution in [0.25, 0.3) is 0 Å². The highest BCUT2D eigenvalue weighted by atomic mass is 19.4. The Labute approximate surface area is 125 Å². The second-order valence-corrected chi connectivity index (χ2v) is 4.73. The number of hydrogen-bond acceptors (Lipinski definition) is 0. The third-order valence-electron chi connectivity index (χ3n) is 3.09. The topological polar surface area (TPSA) is 0 Å². The van der Waals surface area contributed by atoms with Crippen molar-refractivity contribution in [1.82, 2.24) is 0 Å². The van der Waals surface area contributed by atoms with Crippen molar-refractivity contribution in [2.45, 2.75) is 18.3 Å². The van der Waals surface area contributed by atoms with E-state index in [1.807, 2.05) is 0 Å². The smallest absolute Gasteiger partial charge is 0.196 e. The fourth-order valence-electron chi connectivity index (χ4n) is 1.95. The first kappa shape index (κ1) is 17.2. The van der Waals surface area contributed by atoms with Crippen molar-refractivity contribution >= 4 is 0 Å². The van der Waals surface area contributed by atoms with Crippen LogP contribution in [-0.2, 0) is 18.3 Å². The van der Waals surface area contributed by atoms with E-state index in [9.17, 15) is 35.1 Å². The second kappa shape index (κ2) is 5.50. The van der Waals surface area contributed by atoms with Crippen molar-refractivity contribution in [3.05, 3.63) is 70.8 Å². The first-order valence-electron chi connectivity index (χ1n) is 6.15. The highest BCUT2D eigenvalue weighted by Gasteiger charge is 2.41. The Morgan fingerprint density at radius 1 is 0.478 bits per heavy atom. The van der Waals surface area contributed by atoms with E-state index in [0.29, 0.717) is 0 Å². The molecule has 0 atom stereocenters. The maximum atomic E-state index is 14.3. The lowest BCUT2D eigenvalue weighted by Crippen LogP contribution is -2.19. The fourth-order valence-corrected chi connectivity index (χ4v) is 1.95. The molecule has 2 aromatic rings. The van der Waals surface area contributed by atoms with Gasteiger partial charge < -0.3 is 0 Å². The molecule has 0 saturated heterocycles. The summed E-state index contributed by atoms with van der Waals surface area (Å²) >= 11 is 0. The van der Waals surface area contributed by atoms with Gasteiger partial charge in [0.15, 0.2) is 0 Å². The molecule has 0 spiro atoms. The molecule has 0 bridgehead atoms. The van der Waals surface area contributed by atoms with E-state index in [-0.39, 0.29) is 18.2 Å². The lowest BCUT2D eigenvalue weighted by molar-refractivity contribution is -0.143. The molecule has 0 aliphatic heterocycles. The zero-order chi connectivity index (χ0) is 17.5. The monoisotopic (exact) mass is 340 g/mol. The third-order valence-corrected chi connectivity index (χ3v) is 3.09. The summed E-state index contributed by atoms with van der Waals surface area (Å²) in [4.78, 5) is 0. The second-order valence-electron chi connectivity index (χ2n) is 4.73. The van der Waals surface area contributed by atoms with Crippen LogP contribution in [0.3, 0.4) is 0 Å². The predicted molar refractivity (Wildman–Crippen MR) is 65.9 cm³/mol. The van der Waals surface area contributed by atoms with E-state index < -0.39 is 40.5 Å². The molecule has 23 heavy (non-hydrogen) atoms. The summed E-state index contributed by atoms with van der Waals surface area (Å²) in [5.74, 6) is -4.00. The summed E-state index contributed by atoms with van der Waals surface area (Å²) in [6.45, 7) is 0. The van der Waals surface area contributed by atoms with Crippen molar-refractivity contribution in [1.29, 1.82) is 0 Å². The number of halogens is 8. The minimum Gasteiger partial charge on any atom is -0.196 e. The van der Waals surface area contributed by atoms with Gasteiger partial charge >= 0.3 is 12.4 Å². The largest absolute Gasteiger partial charge is 0.416 e. The molecule has 0 radical (unpaired) electrons. The average Bonchev–Trinajstić information content (AvgIpc) is 2.46. The molecule has 2 rings (SSSR count). The summed E-state index contributed by atoms with van der Waals surface area (Å²) in [5.41, 5.74) is -5.63. The maximum absolute atomic E-state index is 14.3. The summed E-state index contributed by atoms with van der Waals surface area (Å²) in [6.07, 6.45) is -10.4. The fraction of sp³-hybridized carbons (Fsp3) is 0.200. The molecule has 124 valence electrons. The predicted octanol–water partition coefficient (Wildman–Crippen LogP) is 5.86. The Bertz CT molecular complexity index is 651. The van der Waals surface area contributed by atoms with Gasteiger partial charge in [-0.2, -0.15) is 35.1 Å². The summed E-state index contributed by atoms with van der Waals surface area (Å²) in [7, 11) is 0. The van der Waals surface area contributed by atoms with Crippen molar-refractivity contribution in [3.8, 4) is 0 Å². The van der Waals surface area contributed by atoms with Gasteiger partial charge in [-0.05, 0) is 18.2 Å². The highest BCUT2D eigenvalue weighted by molar-refractivity contribution is 5.40. The van der Waals surface area contributed by atoms with Crippen LogP contribution in [0.15, 0.2) is 48.5 Å². The van der Waals surface area contributed by atoms with Gasteiger partial charge in [-0.15, -0.1) is 0 Å². The SMILES string of the molecule is FC(F)(F)c1cc(C(F)(F)F)cc(C(F)(F)c2ccccc2)c1. The van der Waals surface area contributed by atoms with Crippen molar-refractivity contribution in [2.24, 2.45) is 0 Å². The van der Waals surface area contributed by atoms with Crippen molar-refractivity contribution < 1.29 is 35.1 Å². The molecular weight excluding hydrogens is 332 g/mol. The van der Waals surface area contributed by atoms with Crippen LogP contribution in [-0.4, -0.2) is 0 Å². The Morgan fingerprint density at radius 3 is 1.26 bits per heavy atom. The Hall–Kier alpha value is -2.12. The van der Waals surface area contributed by atoms with Gasteiger partial charge in [0.25, 0.3) is 5.92 Å². The van der Waals surface area contributed by atoms with Gasteiger partial charge in [0.1, 0.15) is 0 Å². The molecule has 0 fully saturated rings. The standard InChI is InChI=1S/C15H8F8/c16-13(17,9-4-2-1-3-5-9)10-6-11(14(18,19)20)8-12(7-10)15(21,22)23/h1-8H. The zero-order valence-corrected chi connectivity index (χ0v) is 11.1. The quantitative estimate of drug-likeness (QED) is 0.600. The van der Waals surface area contributed by atoms with Crippen LogP contribution in [0.1, 0.15) is 22.3 Å². The Morgan fingerprint density at radius 2 is 0.870 bits per heavy atom. The Balaban J connectivity index is 2.67. The molecule has 0 unspecified atom stereocenters.